The number of carbonyl (C=O) groups is 1. The first-order chi connectivity index (χ1) is 12.9. The Morgan fingerprint density at radius 3 is 2.56 bits per heavy atom. The van der Waals surface area contributed by atoms with Crippen molar-refractivity contribution in [3.63, 3.8) is 0 Å². The van der Waals surface area contributed by atoms with E-state index < -0.39 is 5.82 Å². The van der Waals surface area contributed by atoms with Crippen molar-refractivity contribution in [2.75, 3.05) is 24.3 Å². The van der Waals surface area contributed by atoms with Crippen LogP contribution in [0.25, 0.3) is 0 Å². The molecule has 0 bridgehead atoms. The molecule has 0 atom stereocenters. The van der Waals surface area contributed by atoms with E-state index in [4.69, 9.17) is 11.6 Å². The zero-order chi connectivity index (χ0) is 19.4. The van der Waals surface area contributed by atoms with Crippen molar-refractivity contribution in [2.45, 2.75) is 37.8 Å². The summed E-state index contributed by atoms with van der Waals surface area (Å²) in [5.41, 5.74) is 0.374. The molecule has 1 fully saturated rings. The van der Waals surface area contributed by atoms with Crippen molar-refractivity contribution < 1.29 is 9.18 Å². The maximum Gasteiger partial charge on any atom is 0.251 e. The summed E-state index contributed by atoms with van der Waals surface area (Å²) in [6.07, 6.45) is 5.32. The largest absolute Gasteiger partial charge is 0.367 e. The van der Waals surface area contributed by atoms with Crippen LogP contribution in [0, 0.1) is 5.82 Å². The molecule has 144 valence electrons. The van der Waals surface area contributed by atoms with Crippen LogP contribution in [-0.2, 0) is 0 Å². The van der Waals surface area contributed by atoms with Crippen LogP contribution in [0.15, 0.2) is 30.5 Å². The molecular weight excluding hydrogens is 369 g/mol. The first-order valence-corrected chi connectivity index (χ1v) is 9.33. The van der Waals surface area contributed by atoms with Crippen molar-refractivity contribution in [1.82, 2.24) is 15.3 Å². The SMILES string of the molecule is CN(C)c1nccc(N[C@H]2CC[C@@H](NC(=O)c3ccc(F)c(Cl)c3)CC2)n1. The highest BCUT2D eigenvalue weighted by atomic mass is 35.5. The number of nitrogens with zero attached hydrogens (tertiary/aromatic N) is 3. The molecule has 6 nitrogen and oxygen atoms in total. The number of hydrogen-bond donors (Lipinski definition) is 2. The first-order valence-electron chi connectivity index (χ1n) is 8.95. The second-order valence-corrected chi connectivity index (χ2v) is 7.34. The summed E-state index contributed by atoms with van der Waals surface area (Å²) in [7, 11) is 3.81. The Bertz CT molecular complexity index is 808. The molecule has 2 N–H and O–H groups in total. The Kier molecular flexibility index (Phi) is 6.11. The number of hydrogen-bond acceptors (Lipinski definition) is 5. The second kappa shape index (κ2) is 8.52. The summed E-state index contributed by atoms with van der Waals surface area (Å²) in [4.78, 5) is 22.9. The number of benzene rings is 1. The van der Waals surface area contributed by atoms with Gasteiger partial charge in [0.1, 0.15) is 11.6 Å². The molecule has 3 rings (SSSR count). The molecule has 0 unspecified atom stereocenters. The van der Waals surface area contributed by atoms with Crippen LogP contribution in [0.1, 0.15) is 36.0 Å². The normalized spacial score (nSPS) is 19.4. The number of amides is 1. The van der Waals surface area contributed by atoms with Crippen molar-refractivity contribution in [2.24, 2.45) is 0 Å². The number of rotatable bonds is 5. The second-order valence-electron chi connectivity index (χ2n) is 6.93. The molecule has 0 spiro atoms. The van der Waals surface area contributed by atoms with Crippen LogP contribution in [0.3, 0.4) is 0 Å². The third-order valence-corrected chi connectivity index (χ3v) is 4.93. The van der Waals surface area contributed by atoms with Gasteiger partial charge in [0.2, 0.25) is 5.95 Å². The van der Waals surface area contributed by atoms with E-state index in [9.17, 15) is 9.18 Å². The van der Waals surface area contributed by atoms with E-state index in [1.54, 1.807) is 6.20 Å². The van der Waals surface area contributed by atoms with E-state index in [1.165, 1.54) is 18.2 Å². The van der Waals surface area contributed by atoms with Gasteiger partial charge in [0.15, 0.2) is 0 Å². The Morgan fingerprint density at radius 1 is 1.19 bits per heavy atom. The van der Waals surface area contributed by atoms with E-state index in [0.29, 0.717) is 17.6 Å². The molecule has 27 heavy (non-hydrogen) atoms. The molecule has 1 aliphatic rings. The van der Waals surface area contributed by atoms with Crippen LogP contribution in [0.4, 0.5) is 16.2 Å². The molecule has 0 aliphatic heterocycles. The maximum atomic E-state index is 13.2. The zero-order valence-electron chi connectivity index (χ0n) is 15.4. The van der Waals surface area contributed by atoms with Crippen molar-refractivity contribution in [1.29, 1.82) is 0 Å². The average Bonchev–Trinajstić information content (AvgIpc) is 2.65. The fourth-order valence-corrected chi connectivity index (χ4v) is 3.32. The summed E-state index contributed by atoms with van der Waals surface area (Å²) in [6, 6.07) is 6.28. The third kappa shape index (κ3) is 5.07. The van der Waals surface area contributed by atoms with Crippen LogP contribution in [0.2, 0.25) is 5.02 Å². The zero-order valence-corrected chi connectivity index (χ0v) is 16.1. The fraction of sp³-hybridized carbons (Fsp3) is 0.421. The molecule has 1 saturated carbocycles. The molecule has 8 heteroatoms. The highest BCUT2D eigenvalue weighted by Crippen LogP contribution is 2.23. The maximum absolute atomic E-state index is 13.2. The Balaban J connectivity index is 1.50. The molecule has 1 aliphatic carbocycles. The van der Waals surface area contributed by atoms with Crippen molar-refractivity contribution >= 4 is 29.3 Å². The van der Waals surface area contributed by atoms with E-state index in [2.05, 4.69) is 20.6 Å². The van der Waals surface area contributed by atoms with Gasteiger partial charge in [-0.1, -0.05) is 11.6 Å². The molecule has 1 heterocycles. The van der Waals surface area contributed by atoms with Gasteiger partial charge in [-0.05, 0) is 49.9 Å². The summed E-state index contributed by atoms with van der Waals surface area (Å²) in [5, 5.41) is 6.41. The van der Waals surface area contributed by atoms with Crippen molar-refractivity contribution in [3.05, 3.63) is 46.9 Å². The lowest BCUT2D eigenvalue weighted by Crippen LogP contribution is -2.40. The number of carbonyl (C=O) groups excluding carboxylic acids is 1. The lowest BCUT2D eigenvalue weighted by molar-refractivity contribution is 0.0926. The lowest BCUT2D eigenvalue weighted by atomic mass is 9.91. The Morgan fingerprint density at radius 2 is 1.89 bits per heavy atom. The van der Waals surface area contributed by atoms with Gasteiger partial charge in [-0.25, -0.2) is 9.37 Å². The number of nitrogens with one attached hydrogen (secondary N) is 2. The molecule has 1 aromatic carbocycles. The predicted molar refractivity (Wildman–Crippen MR) is 105 cm³/mol. The monoisotopic (exact) mass is 391 g/mol. The molecule has 0 saturated heterocycles. The van der Waals surface area contributed by atoms with E-state index in [-0.39, 0.29) is 17.0 Å². The quantitative estimate of drug-likeness (QED) is 0.816. The minimum atomic E-state index is -0.526. The van der Waals surface area contributed by atoms with Gasteiger partial charge in [0, 0.05) is 37.9 Å². The van der Waals surface area contributed by atoms with E-state index >= 15 is 0 Å². The van der Waals surface area contributed by atoms with Gasteiger partial charge in [-0.2, -0.15) is 4.98 Å². The Hall–Kier alpha value is -2.41. The molecule has 0 radical (unpaired) electrons. The number of anilines is 2. The Labute approximate surface area is 163 Å². The smallest absolute Gasteiger partial charge is 0.251 e. The summed E-state index contributed by atoms with van der Waals surface area (Å²) < 4.78 is 13.2. The van der Waals surface area contributed by atoms with Crippen LogP contribution < -0.4 is 15.5 Å². The predicted octanol–water partition coefficient (Wildman–Crippen LogP) is 3.49. The van der Waals surface area contributed by atoms with Gasteiger partial charge in [-0.3, -0.25) is 4.79 Å². The minimum absolute atomic E-state index is 0.0440. The topological polar surface area (TPSA) is 70.2 Å². The van der Waals surface area contributed by atoms with Gasteiger partial charge >= 0.3 is 0 Å². The lowest BCUT2D eigenvalue weighted by Gasteiger charge is -2.30. The number of aromatic nitrogens is 2. The van der Waals surface area contributed by atoms with Crippen LogP contribution >= 0.6 is 11.6 Å². The van der Waals surface area contributed by atoms with Crippen LogP contribution in [0.5, 0.6) is 0 Å². The van der Waals surface area contributed by atoms with Gasteiger partial charge in [0.05, 0.1) is 5.02 Å². The molecule has 1 aromatic heterocycles. The van der Waals surface area contributed by atoms with Crippen molar-refractivity contribution in [3.8, 4) is 0 Å². The number of halogens is 2. The summed E-state index contributed by atoms with van der Waals surface area (Å²) in [5.74, 6) is 0.725. The van der Waals surface area contributed by atoms with Gasteiger partial charge < -0.3 is 15.5 Å². The minimum Gasteiger partial charge on any atom is -0.367 e. The van der Waals surface area contributed by atoms with E-state index in [0.717, 1.165) is 31.5 Å². The highest BCUT2D eigenvalue weighted by molar-refractivity contribution is 6.31. The van der Waals surface area contributed by atoms with E-state index in [1.807, 2.05) is 25.1 Å². The standard InChI is InChI=1S/C19H23ClFN5O/c1-26(2)19-22-10-9-17(25-19)23-13-4-6-14(7-5-13)24-18(27)12-3-8-16(21)15(20)11-12/h3,8-11,13-14H,4-7H2,1-2H3,(H,24,27)(H,22,23,25)/t13-,14+. The molecule has 1 amide bonds. The third-order valence-electron chi connectivity index (χ3n) is 4.64. The fourth-order valence-electron chi connectivity index (χ4n) is 3.14. The summed E-state index contributed by atoms with van der Waals surface area (Å²) >= 11 is 5.75. The van der Waals surface area contributed by atoms with Gasteiger partial charge in [0.25, 0.3) is 5.91 Å². The first kappa shape index (κ1) is 19.4. The average molecular weight is 392 g/mol. The molecular formula is C19H23ClFN5O. The van der Waals surface area contributed by atoms with Gasteiger partial charge in [-0.15, -0.1) is 0 Å². The molecule has 2 aromatic rings. The highest BCUT2D eigenvalue weighted by Gasteiger charge is 2.23. The van der Waals surface area contributed by atoms with Crippen LogP contribution in [-0.4, -0.2) is 42.1 Å². The summed E-state index contributed by atoms with van der Waals surface area (Å²) in [6.45, 7) is 0.